The first kappa shape index (κ1) is 14.9. The van der Waals surface area contributed by atoms with E-state index >= 15 is 0 Å². The molecule has 2 atom stereocenters. The van der Waals surface area contributed by atoms with Crippen LogP contribution in [0.3, 0.4) is 0 Å². The molecular formula is C14H12ClN3O3S. The number of carbonyl (C=O) groups excluding carboxylic acids is 1. The zero-order valence-electron chi connectivity index (χ0n) is 11.3. The van der Waals surface area contributed by atoms with E-state index in [1.54, 1.807) is 18.5 Å². The molecule has 2 aromatic rings. The largest absolute Gasteiger partial charge is 0.274 e. The average molecular weight is 338 g/mol. The van der Waals surface area contributed by atoms with Gasteiger partial charge >= 0.3 is 0 Å². The van der Waals surface area contributed by atoms with Crippen molar-refractivity contribution in [1.29, 1.82) is 0 Å². The molecule has 6 nitrogen and oxygen atoms in total. The van der Waals surface area contributed by atoms with Gasteiger partial charge in [-0.1, -0.05) is 17.7 Å². The van der Waals surface area contributed by atoms with Gasteiger partial charge in [0, 0.05) is 30.7 Å². The fourth-order valence-corrected chi connectivity index (χ4v) is 3.51. The summed E-state index contributed by atoms with van der Waals surface area (Å²) in [6.07, 6.45) is 6.42. The van der Waals surface area contributed by atoms with Crippen molar-refractivity contribution in [2.24, 2.45) is 5.92 Å². The molecular weight excluding hydrogens is 326 g/mol. The second-order valence-corrected chi connectivity index (χ2v) is 7.16. The highest BCUT2D eigenvalue weighted by Gasteiger charge is 2.45. The molecule has 22 heavy (non-hydrogen) atoms. The lowest BCUT2D eigenvalue weighted by molar-refractivity contribution is -0.120. The normalized spacial score (nSPS) is 20.4. The molecule has 3 rings (SSSR count). The third-order valence-electron chi connectivity index (χ3n) is 3.46. The number of nitrogens with zero attached hydrogens (tertiary/aromatic N) is 2. The monoisotopic (exact) mass is 337 g/mol. The Morgan fingerprint density at radius 3 is 2.77 bits per heavy atom. The van der Waals surface area contributed by atoms with Gasteiger partial charge in [-0.2, -0.15) is 0 Å². The highest BCUT2D eigenvalue weighted by Crippen LogP contribution is 2.47. The summed E-state index contributed by atoms with van der Waals surface area (Å²) in [5, 5.41) is 0.190. The van der Waals surface area contributed by atoms with Gasteiger partial charge in [-0.05, 0) is 30.0 Å². The Morgan fingerprint density at radius 2 is 2.09 bits per heavy atom. The molecule has 0 radical (unpaired) electrons. The quantitative estimate of drug-likeness (QED) is 0.917. The smallest absolute Gasteiger partial charge is 0.265 e. The predicted octanol–water partition coefficient (Wildman–Crippen LogP) is 1.74. The Hall–Kier alpha value is -1.99. The zero-order chi connectivity index (χ0) is 15.7. The summed E-state index contributed by atoms with van der Waals surface area (Å²) in [6, 6.07) is 4.91. The lowest BCUT2D eigenvalue weighted by Gasteiger charge is -2.06. The minimum Gasteiger partial charge on any atom is -0.274 e. The maximum atomic E-state index is 12.1. The fraction of sp³-hybridized carbons (Fsp3) is 0.214. The molecule has 114 valence electrons. The Labute approximate surface area is 132 Å². The number of amides is 1. The van der Waals surface area contributed by atoms with Gasteiger partial charge in [0.1, 0.15) is 4.90 Å². The highest BCUT2D eigenvalue weighted by atomic mass is 35.5. The van der Waals surface area contributed by atoms with Crippen molar-refractivity contribution in [3.05, 3.63) is 53.6 Å². The Morgan fingerprint density at radius 1 is 1.27 bits per heavy atom. The third-order valence-corrected chi connectivity index (χ3v) is 4.99. The van der Waals surface area contributed by atoms with E-state index in [0.717, 1.165) is 11.8 Å². The SMILES string of the molecule is O=C(NS(=O)(=O)c1cncc(Cl)c1)[C@@H]1C[C@@H]1c1cccnc1. The highest BCUT2D eigenvalue weighted by molar-refractivity contribution is 7.90. The maximum Gasteiger partial charge on any atom is 0.265 e. The van der Waals surface area contributed by atoms with Crippen LogP contribution in [0.5, 0.6) is 0 Å². The zero-order valence-corrected chi connectivity index (χ0v) is 12.9. The average Bonchev–Trinajstić information content (AvgIpc) is 3.28. The molecule has 1 amide bonds. The maximum absolute atomic E-state index is 12.1. The molecule has 1 aliphatic carbocycles. The Kier molecular flexibility index (Phi) is 3.84. The molecule has 0 bridgehead atoms. The number of hydrogen-bond donors (Lipinski definition) is 1. The number of rotatable bonds is 4. The molecule has 0 unspecified atom stereocenters. The van der Waals surface area contributed by atoms with Crippen LogP contribution < -0.4 is 4.72 Å². The standard InChI is InChI=1S/C14H12ClN3O3S/c15-10-4-11(8-17-7-10)22(20,21)18-14(19)13-5-12(13)9-2-1-3-16-6-9/h1-4,6-8,12-13H,5H2,(H,18,19)/t12-,13-/m1/s1. The minimum atomic E-state index is -3.95. The Balaban J connectivity index is 1.70. The number of halogens is 1. The van der Waals surface area contributed by atoms with Crippen molar-refractivity contribution in [2.75, 3.05) is 0 Å². The molecule has 2 heterocycles. The first-order valence-corrected chi connectivity index (χ1v) is 8.40. The van der Waals surface area contributed by atoms with E-state index in [9.17, 15) is 13.2 Å². The molecule has 8 heteroatoms. The van der Waals surface area contributed by atoms with Crippen LogP contribution in [0.4, 0.5) is 0 Å². The van der Waals surface area contributed by atoms with Gasteiger partial charge in [0.2, 0.25) is 5.91 Å². The topological polar surface area (TPSA) is 89.0 Å². The summed E-state index contributed by atoms with van der Waals surface area (Å²) in [7, 11) is -3.95. The molecule has 0 spiro atoms. The lowest BCUT2D eigenvalue weighted by atomic mass is 10.1. The van der Waals surface area contributed by atoms with Gasteiger partial charge < -0.3 is 0 Å². The molecule has 0 saturated heterocycles. The van der Waals surface area contributed by atoms with E-state index < -0.39 is 15.9 Å². The number of aromatic nitrogens is 2. The van der Waals surface area contributed by atoms with Crippen molar-refractivity contribution >= 4 is 27.5 Å². The van der Waals surface area contributed by atoms with Gasteiger partial charge in [0.05, 0.1) is 5.02 Å². The second-order valence-electron chi connectivity index (χ2n) is 5.04. The summed E-state index contributed by atoms with van der Waals surface area (Å²) < 4.78 is 26.3. The van der Waals surface area contributed by atoms with E-state index in [1.165, 1.54) is 12.3 Å². The first-order valence-electron chi connectivity index (χ1n) is 6.54. The molecule has 2 aromatic heterocycles. The van der Waals surface area contributed by atoms with Crippen LogP contribution in [0.15, 0.2) is 47.9 Å². The molecule has 1 aliphatic rings. The molecule has 0 aliphatic heterocycles. The van der Waals surface area contributed by atoms with Gasteiger partial charge in [-0.3, -0.25) is 14.8 Å². The second kappa shape index (κ2) is 5.66. The molecule has 1 fully saturated rings. The van der Waals surface area contributed by atoms with Gasteiger partial charge in [-0.15, -0.1) is 0 Å². The summed E-state index contributed by atoms with van der Waals surface area (Å²) in [6.45, 7) is 0. The number of pyridine rings is 2. The molecule has 1 saturated carbocycles. The van der Waals surface area contributed by atoms with Crippen LogP contribution >= 0.6 is 11.6 Å². The van der Waals surface area contributed by atoms with Crippen LogP contribution in [0.2, 0.25) is 5.02 Å². The van der Waals surface area contributed by atoms with Gasteiger partial charge in [0.15, 0.2) is 0 Å². The van der Waals surface area contributed by atoms with Crippen LogP contribution in [-0.2, 0) is 14.8 Å². The molecule has 1 N–H and O–H groups in total. The predicted molar refractivity (Wildman–Crippen MR) is 79.7 cm³/mol. The third kappa shape index (κ3) is 3.10. The van der Waals surface area contributed by atoms with E-state index in [-0.39, 0.29) is 21.8 Å². The van der Waals surface area contributed by atoms with Crippen LogP contribution in [-0.4, -0.2) is 24.3 Å². The number of sulfonamides is 1. The number of nitrogens with one attached hydrogen (secondary N) is 1. The van der Waals surface area contributed by atoms with E-state index in [4.69, 9.17) is 11.6 Å². The summed E-state index contributed by atoms with van der Waals surface area (Å²) in [4.78, 5) is 19.7. The first-order chi connectivity index (χ1) is 10.5. The number of carbonyl (C=O) groups is 1. The summed E-state index contributed by atoms with van der Waals surface area (Å²) in [5.74, 6) is -0.860. The van der Waals surface area contributed by atoms with E-state index in [1.807, 2.05) is 6.07 Å². The number of hydrogen-bond acceptors (Lipinski definition) is 5. The van der Waals surface area contributed by atoms with Crippen molar-refractivity contribution in [1.82, 2.24) is 14.7 Å². The van der Waals surface area contributed by atoms with Crippen LogP contribution in [0.25, 0.3) is 0 Å². The minimum absolute atomic E-state index is 0.0152. The van der Waals surface area contributed by atoms with Crippen LogP contribution in [0.1, 0.15) is 17.9 Å². The van der Waals surface area contributed by atoms with Gasteiger partial charge in [-0.25, -0.2) is 13.1 Å². The Bertz CT molecular complexity index is 811. The van der Waals surface area contributed by atoms with E-state index in [0.29, 0.717) is 6.42 Å². The van der Waals surface area contributed by atoms with Crippen molar-refractivity contribution in [3.8, 4) is 0 Å². The fourth-order valence-electron chi connectivity index (χ4n) is 2.25. The van der Waals surface area contributed by atoms with Crippen molar-refractivity contribution < 1.29 is 13.2 Å². The van der Waals surface area contributed by atoms with Crippen molar-refractivity contribution in [3.63, 3.8) is 0 Å². The lowest BCUT2D eigenvalue weighted by Crippen LogP contribution is -2.32. The molecule has 0 aromatic carbocycles. The summed E-state index contributed by atoms with van der Waals surface area (Å²) >= 11 is 5.72. The van der Waals surface area contributed by atoms with Gasteiger partial charge in [0.25, 0.3) is 10.0 Å². The van der Waals surface area contributed by atoms with E-state index in [2.05, 4.69) is 14.7 Å². The summed E-state index contributed by atoms with van der Waals surface area (Å²) in [5.41, 5.74) is 0.935. The van der Waals surface area contributed by atoms with Crippen LogP contribution in [0, 0.1) is 5.92 Å². The van der Waals surface area contributed by atoms with Crippen molar-refractivity contribution in [2.45, 2.75) is 17.2 Å².